The molecule has 2 atom stereocenters. The fourth-order valence-electron chi connectivity index (χ4n) is 5.59. The fourth-order valence-corrected chi connectivity index (χ4v) is 6.58. The van der Waals surface area contributed by atoms with Crippen LogP contribution in [0.3, 0.4) is 0 Å². The minimum Gasteiger partial charge on any atom is -0.333 e. The van der Waals surface area contributed by atoms with Gasteiger partial charge >= 0.3 is 0 Å². The van der Waals surface area contributed by atoms with Gasteiger partial charge in [-0.1, -0.05) is 66.7 Å². The van der Waals surface area contributed by atoms with Crippen molar-refractivity contribution in [3.05, 3.63) is 94.6 Å². The van der Waals surface area contributed by atoms with Crippen LogP contribution in [0.25, 0.3) is 0 Å². The van der Waals surface area contributed by atoms with Crippen LogP contribution < -0.4 is 0 Å². The zero-order valence-electron chi connectivity index (χ0n) is 15.0. The normalized spacial score (nSPS) is 26.6. The average molecular weight is 378 g/mol. The lowest BCUT2D eigenvalue weighted by molar-refractivity contribution is 0.358. The Hall–Kier alpha value is -1.90. The van der Waals surface area contributed by atoms with E-state index in [1.165, 1.54) is 16.7 Å². The van der Waals surface area contributed by atoms with Crippen LogP contribution >= 0.6 is 7.57 Å². The van der Waals surface area contributed by atoms with Crippen LogP contribution in [-0.4, -0.2) is 20.0 Å². The Labute approximate surface area is 159 Å². The zero-order chi connectivity index (χ0) is 18.6. The van der Waals surface area contributed by atoms with Crippen molar-refractivity contribution in [1.29, 1.82) is 0 Å². The summed E-state index contributed by atoms with van der Waals surface area (Å²) in [4.78, 5) is 30.8. The van der Waals surface area contributed by atoms with E-state index in [-0.39, 0.29) is 11.3 Å². The summed E-state index contributed by atoms with van der Waals surface area (Å²) in [6.45, 7) is 0. The van der Waals surface area contributed by atoms with E-state index in [4.69, 9.17) is 0 Å². The van der Waals surface area contributed by atoms with Crippen molar-refractivity contribution in [2.45, 2.75) is 37.0 Å². The predicted octanol–water partition coefficient (Wildman–Crippen LogP) is 4.23. The molecule has 2 aromatic carbocycles. The quantitative estimate of drug-likeness (QED) is 0.651. The number of rotatable bonds is 1. The molecule has 0 bridgehead atoms. The lowest BCUT2D eigenvalue weighted by atomic mass is 9.66. The summed E-state index contributed by atoms with van der Waals surface area (Å²) in [7, 11) is -4.06. The van der Waals surface area contributed by atoms with Crippen LogP contribution in [0.1, 0.15) is 41.9 Å². The molecule has 0 saturated heterocycles. The van der Waals surface area contributed by atoms with Crippen LogP contribution in [0, 0.1) is 0 Å². The molecule has 3 nitrogen and oxygen atoms in total. The number of benzene rings is 2. The molecule has 1 spiro atoms. The highest BCUT2D eigenvalue weighted by atomic mass is 31.2. The summed E-state index contributed by atoms with van der Waals surface area (Å²) in [5, 5.41) is 0.440. The predicted molar refractivity (Wildman–Crippen MR) is 110 cm³/mol. The molecule has 1 unspecified atom stereocenters. The molecule has 3 aliphatic rings. The van der Waals surface area contributed by atoms with Crippen molar-refractivity contribution in [2.24, 2.45) is 0 Å². The molecule has 3 aliphatic carbocycles. The number of hydrogen-bond acceptors (Lipinski definition) is 3. The van der Waals surface area contributed by atoms with Crippen molar-refractivity contribution in [3.63, 3.8) is 0 Å². The summed E-state index contributed by atoms with van der Waals surface area (Å²) in [5.41, 5.74) is 5.72. The lowest BCUT2D eigenvalue weighted by Crippen LogP contribution is -2.34. The van der Waals surface area contributed by atoms with Crippen molar-refractivity contribution in [1.82, 2.24) is 0 Å². The maximum Gasteiger partial charge on any atom is 0.253 e. The van der Waals surface area contributed by atoms with Gasteiger partial charge in [0.05, 0.1) is 0 Å². The number of fused-ring (bicyclic) bond motifs is 3. The Balaban J connectivity index is 1.82. The fraction of sp³-hybridized carbons (Fsp3) is 0.261. The van der Waals surface area contributed by atoms with Gasteiger partial charge in [-0.3, -0.25) is 0 Å². The molecule has 0 radical (unpaired) electrons. The summed E-state index contributed by atoms with van der Waals surface area (Å²) in [6, 6.07) is 19.1. The second-order valence-electron chi connectivity index (χ2n) is 7.82. The van der Waals surface area contributed by atoms with E-state index < -0.39 is 7.57 Å². The van der Waals surface area contributed by atoms with Crippen molar-refractivity contribution >= 4 is 12.9 Å². The summed E-state index contributed by atoms with van der Waals surface area (Å²) in [5.74, 6) is 0.233. The van der Waals surface area contributed by atoms with Gasteiger partial charge in [-0.25, -0.2) is 0 Å². The van der Waals surface area contributed by atoms with Crippen LogP contribution in [0.15, 0.2) is 77.9 Å². The highest BCUT2D eigenvalue weighted by Gasteiger charge is 2.54. The van der Waals surface area contributed by atoms with Gasteiger partial charge in [-0.05, 0) is 53.5 Å². The maximum absolute atomic E-state index is 10.3. The second-order valence-corrected chi connectivity index (χ2v) is 9.49. The third-order valence-electron chi connectivity index (χ3n) is 6.56. The minimum atomic E-state index is -4.06. The minimum absolute atomic E-state index is 0.233. The number of hydrogen-bond donors (Lipinski definition) is 3. The van der Waals surface area contributed by atoms with Crippen LogP contribution in [0.4, 0.5) is 0 Å². The summed E-state index contributed by atoms with van der Waals surface area (Å²) < 4.78 is 0. The first-order valence-electron chi connectivity index (χ1n) is 9.49. The van der Waals surface area contributed by atoms with Gasteiger partial charge in [-0.15, -0.1) is 0 Å². The maximum atomic E-state index is 10.3. The van der Waals surface area contributed by atoms with E-state index in [1.807, 2.05) is 12.1 Å². The Kier molecular flexibility index (Phi) is 3.86. The van der Waals surface area contributed by atoms with Gasteiger partial charge < -0.3 is 14.7 Å². The van der Waals surface area contributed by atoms with E-state index in [0.29, 0.717) is 11.7 Å². The van der Waals surface area contributed by atoms with Gasteiger partial charge in [-0.2, -0.15) is 0 Å². The second kappa shape index (κ2) is 6.05. The average Bonchev–Trinajstić information content (AvgIpc) is 3.22. The molecule has 0 fully saturated rings. The Morgan fingerprint density at radius 3 is 2.44 bits per heavy atom. The summed E-state index contributed by atoms with van der Waals surface area (Å²) >= 11 is 0. The van der Waals surface area contributed by atoms with Gasteiger partial charge in [0.15, 0.2) is 0 Å². The molecule has 4 heteroatoms. The van der Waals surface area contributed by atoms with E-state index in [2.05, 4.69) is 54.6 Å². The molecule has 0 amide bonds. The smallest absolute Gasteiger partial charge is 0.253 e. The number of aryl methyl sites for hydroxylation is 1. The molecule has 0 aliphatic heterocycles. The third-order valence-corrected chi connectivity index (χ3v) is 7.69. The third kappa shape index (κ3) is 2.47. The van der Waals surface area contributed by atoms with Crippen molar-refractivity contribution < 1.29 is 14.7 Å². The van der Waals surface area contributed by atoms with Crippen LogP contribution in [-0.2, 0) is 11.8 Å². The van der Waals surface area contributed by atoms with Crippen molar-refractivity contribution in [3.8, 4) is 0 Å². The Morgan fingerprint density at radius 1 is 0.926 bits per heavy atom. The van der Waals surface area contributed by atoms with E-state index in [9.17, 15) is 14.7 Å². The lowest BCUT2D eigenvalue weighted by Gasteiger charge is -2.38. The molecular weight excluding hydrogens is 355 g/mol. The molecule has 5 rings (SSSR count). The molecule has 2 aromatic rings. The van der Waals surface area contributed by atoms with E-state index >= 15 is 0 Å². The first-order chi connectivity index (χ1) is 13.0. The first kappa shape index (κ1) is 17.2. The molecular formula is C23H23O3P. The first-order valence-corrected chi connectivity index (χ1v) is 11.1. The molecule has 27 heavy (non-hydrogen) atoms. The number of allylic oxidation sites excluding steroid dienone is 4. The largest absolute Gasteiger partial charge is 0.333 e. The monoisotopic (exact) mass is 378 g/mol. The SMILES string of the molecule is OP(O)(O)=C1CC=CC2=C1[C@@]1(CCc3ccccc31)C(c1ccccc1)C2. The standard InChI is InChI=1S/C23H23O3P/c24-27(25,26)21-12-6-10-18-15-20(16-7-2-1-3-8-16)23(22(18)21)14-13-17-9-4-5-11-19(17)23/h1-11,20,24-26H,12-15H2/t20?,23-/m1/s1. The van der Waals surface area contributed by atoms with Crippen molar-refractivity contribution in [2.75, 3.05) is 0 Å². The molecule has 0 aromatic heterocycles. The van der Waals surface area contributed by atoms with Gasteiger partial charge in [0.25, 0.3) is 7.57 Å². The van der Waals surface area contributed by atoms with E-state index in [1.54, 1.807) is 0 Å². The molecule has 0 heterocycles. The highest BCUT2D eigenvalue weighted by Crippen LogP contribution is 2.63. The zero-order valence-corrected chi connectivity index (χ0v) is 15.9. The van der Waals surface area contributed by atoms with Crippen LogP contribution in [0.5, 0.6) is 0 Å². The molecule has 138 valence electrons. The van der Waals surface area contributed by atoms with Gasteiger partial charge in [0.1, 0.15) is 0 Å². The molecule has 0 saturated carbocycles. The van der Waals surface area contributed by atoms with Gasteiger partial charge in [0, 0.05) is 16.6 Å². The Bertz CT molecular complexity index is 1020. The molecule has 3 N–H and O–H groups in total. The van der Waals surface area contributed by atoms with Gasteiger partial charge in [0.2, 0.25) is 0 Å². The summed E-state index contributed by atoms with van der Waals surface area (Å²) in [6.07, 6.45) is 7.24. The van der Waals surface area contributed by atoms with Crippen LogP contribution in [0.2, 0.25) is 0 Å². The van der Waals surface area contributed by atoms with E-state index in [0.717, 1.165) is 30.4 Å². The highest BCUT2D eigenvalue weighted by molar-refractivity contribution is 7.60. The topological polar surface area (TPSA) is 60.7 Å². The Morgan fingerprint density at radius 2 is 1.67 bits per heavy atom.